The third kappa shape index (κ3) is 5.17. The molecule has 2 aromatic rings. The van der Waals surface area contributed by atoms with E-state index in [0.717, 1.165) is 28.4 Å². The van der Waals surface area contributed by atoms with Gasteiger partial charge in [0.1, 0.15) is 0 Å². The molecule has 6 nitrogen and oxygen atoms in total. The van der Waals surface area contributed by atoms with Gasteiger partial charge in [-0.05, 0) is 35.7 Å². The third-order valence-electron chi connectivity index (χ3n) is 4.56. The van der Waals surface area contributed by atoms with Crippen LogP contribution in [0, 0.1) is 0 Å². The Morgan fingerprint density at radius 2 is 1.81 bits per heavy atom. The van der Waals surface area contributed by atoms with Crippen LogP contribution in [0.15, 0.2) is 51.1 Å². The van der Waals surface area contributed by atoms with Crippen LogP contribution in [0.1, 0.15) is 4.88 Å². The van der Waals surface area contributed by atoms with Crippen molar-refractivity contribution in [2.24, 2.45) is 0 Å². The molecule has 0 aliphatic carbocycles. The Labute approximate surface area is 172 Å². The first kappa shape index (κ1) is 20.5. The largest absolute Gasteiger partial charge is 0.339 e. The number of likely N-dealkylation sites (N-methyl/N-ethyl adjacent to an activating group) is 1. The van der Waals surface area contributed by atoms with E-state index in [2.05, 4.69) is 32.3 Å². The molecule has 1 fully saturated rings. The number of benzene rings is 1. The molecule has 146 valence electrons. The highest BCUT2D eigenvalue weighted by Crippen LogP contribution is 2.18. The number of piperazine rings is 1. The second-order valence-electron chi connectivity index (χ2n) is 6.45. The van der Waals surface area contributed by atoms with Crippen molar-refractivity contribution in [1.82, 2.24) is 14.1 Å². The van der Waals surface area contributed by atoms with E-state index in [1.807, 2.05) is 6.07 Å². The van der Waals surface area contributed by atoms with Crippen molar-refractivity contribution in [3.05, 3.63) is 51.1 Å². The Bertz CT molecular complexity index is 862. The fourth-order valence-electron chi connectivity index (χ4n) is 2.94. The molecule has 0 bridgehead atoms. The van der Waals surface area contributed by atoms with Crippen LogP contribution < -0.4 is 0 Å². The molecule has 1 aromatic heterocycles. The number of carbonyl (C=O) groups excluding carboxylic acids is 1. The quantitative estimate of drug-likeness (QED) is 0.648. The van der Waals surface area contributed by atoms with Gasteiger partial charge >= 0.3 is 0 Å². The zero-order chi connectivity index (χ0) is 19.4. The van der Waals surface area contributed by atoms with E-state index in [-0.39, 0.29) is 17.3 Å². The lowest BCUT2D eigenvalue weighted by Gasteiger charge is -2.35. The normalized spacial score (nSPS) is 16.0. The molecule has 27 heavy (non-hydrogen) atoms. The molecule has 0 radical (unpaired) electrons. The first-order valence-corrected chi connectivity index (χ1v) is 11.7. The van der Waals surface area contributed by atoms with Gasteiger partial charge in [-0.3, -0.25) is 9.69 Å². The second kappa shape index (κ2) is 8.83. The Kier molecular flexibility index (Phi) is 6.69. The minimum atomic E-state index is -3.68. The molecule has 1 aliphatic rings. The molecule has 1 amide bonds. The van der Waals surface area contributed by atoms with Crippen molar-refractivity contribution in [3.63, 3.8) is 0 Å². The predicted octanol–water partition coefficient (Wildman–Crippen LogP) is 2.48. The number of hydrogen-bond donors (Lipinski definition) is 0. The van der Waals surface area contributed by atoms with Crippen LogP contribution in [0.25, 0.3) is 0 Å². The van der Waals surface area contributed by atoms with Crippen molar-refractivity contribution in [2.75, 3.05) is 39.8 Å². The zero-order valence-corrected chi connectivity index (χ0v) is 18.3. The van der Waals surface area contributed by atoms with Crippen LogP contribution in [0.2, 0.25) is 0 Å². The van der Waals surface area contributed by atoms with Crippen molar-refractivity contribution in [3.8, 4) is 0 Å². The summed E-state index contributed by atoms with van der Waals surface area (Å²) in [5, 5.41) is 2.07. The number of sulfonamides is 1. The zero-order valence-electron chi connectivity index (χ0n) is 15.0. The number of halogens is 1. The van der Waals surface area contributed by atoms with E-state index in [0.29, 0.717) is 13.1 Å². The molecule has 0 N–H and O–H groups in total. The van der Waals surface area contributed by atoms with Crippen LogP contribution >= 0.6 is 27.3 Å². The molecule has 1 aromatic carbocycles. The molecule has 0 saturated carbocycles. The number of thiophene rings is 1. The smallest absolute Gasteiger partial charge is 0.243 e. The van der Waals surface area contributed by atoms with E-state index < -0.39 is 10.0 Å². The molecule has 1 aliphatic heterocycles. The van der Waals surface area contributed by atoms with Crippen LogP contribution in [-0.4, -0.2) is 68.2 Å². The van der Waals surface area contributed by atoms with E-state index in [4.69, 9.17) is 0 Å². The highest BCUT2D eigenvalue weighted by Gasteiger charge is 2.27. The maximum absolute atomic E-state index is 12.6. The third-order valence-corrected chi connectivity index (χ3v) is 7.77. The fourth-order valence-corrected chi connectivity index (χ4v) is 5.07. The van der Waals surface area contributed by atoms with Gasteiger partial charge in [-0.2, -0.15) is 4.31 Å². The SMILES string of the molecule is CN(CC(=O)N1CCN(Cc2cccs2)CC1)S(=O)(=O)c1ccc(Br)cc1. The summed E-state index contributed by atoms with van der Waals surface area (Å²) in [6.45, 7) is 3.59. The minimum absolute atomic E-state index is 0.149. The molecular formula is C18H22BrN3O3S2. The predicted molar refractivity (Wildman–Crippen MR) is 110 cm³/mol. The Hall–Kier alpha value is -1.26. The van der Waals surface area contributed by atoms with E-state index in [9.17, 15) is 13.2 Å². The average molecular weight is 472 g/mol. The van der Waals surface area contributed by atoms with Crippen LogP contribution in [0.5, 0.6) is 0 Å². The fraction of sp³-hybridized carbons (Fsp3) is 0.389. The molecule has 3 rings (SSSR count). The van der Waals surface area contributed by atoms with E-state index in [1.54, 1.807) is 28.4 Å². The van der Waals surface area contributed by atoms with Crippen molar-refractivity contribution in [1.29, 1.82) is 0 Å². The molecule has 9 heteroatoms. The Balaban J connectivity index is 1.53. The minimum Gasteiger partial charge on any atom is -0.339 e. The molecule has 2 heterocycles. The number of amides is 1. The first-order chi connectivity index (χ1) is 12.9. The number of nitrogens with zero attached hydrogens (tertiary/aromatic N) is 3. The summed E-state index contributed by atoms with van der Waals surface area (Å²) in [7, 11) is -2.23. The summed E-state index contributed by atoms with van der Waals surface area (Å²) in [6.07, 6.45) is 0. The number of rotatable bonds is 6. The van der Waals surface area contributed by atoms with Gasteiger partial charge in [-0.15, -0.1) is 11.3 Å². The highest BCUT2D eigenvalue weighted by atomic mass is 79.9. The summed E-state index contributed by atoms with van der Waals surface area (Å²) in [6, 6.07) is 10.6. The lowest BCUT2D eigenvalue weighted by Crippen LogP contribution is -2.51. The molecule has 1 saturated heterocycles. The van der Waals surface area contributed by atoms with Gasteiger partial charge in [0.15, 0.2) is 0 Å². The first-order valence-electron chi connectivity index (χ1n) is 8.60. The lowest BCUT2D eigenvalue weighted by molar-refractivity contribution is -0.133. The summed E-state index contributed by atoms with van der Waals surface area (Å²) in [5.41, 5.74) is 0. The molecule has 0 atom stereocenters. The Morgan fingerprint density at radius 3 is 2.41 bits per heavy atom. The van der Waals surface area contributed by atoms with Gasteiger partial charge in [0.2, 0.25) is 15.9 Å². The van der Waals surface area contributed by atoms with Gasteiger partial charge < -0.3 is 4.90 Å². The highest BCUT2D eigenvalue weighted by molar-refractivity contribution is 9.10. The van der Waals surface area contributed by atoms with Gasteiger partial charge in [-0.25, -0.2) is 8.42 Å². The van der Waals surface area contributed by atoms with E-state index in [1.165, 1.54) is 24.1 Å². The van der Waals surface area contributed by atoms with Crippen molar-refractivity contribution >= 4 is 43.2 Å². The van der Waals surface area contributed by atoms with Crippen molar-refractivity contribution < 1.29 is 13.2 Å². The average Bonchev–Trinajstić information content (AvgIpc) is 3.15. The summed E-state index contributed by atoms with van der Waals surface area (Å²) in [5.74, 6) is -0.158. The monoisotopic (exact) mass is 471 g/mol. The number of carbonyl (C=O) groups is 1. The maximum atomic E-state index is 12.6. The second-order valence-corrected chi connectivity index (χ2v) is 10.4. The molecular weight excluding hydrogens is 450 g/mol. The molecule has 0 unspecified atom stereocenters. The molecule has 0 spiro atoms. The standard InChI is InChI=1S/C18H22BrN3O3S2/c1-20(27(24,25)17-6-4-15(19)5-7-17)14-18(23)22-10-8-21(9-11-22)13-16-3-2-12-26-16/h2-7,12H,8-11,13-14H2,1H3. The van der Waals surface area contributed by atoms with Crippen LogP contribution in [0.4, 0.5) is 0 Å². The van der Waals surface area contributed by atoms with Crippen LogP contribution in [0.3, 0.4) is 0 Å². The van der Waals surface area contributed by atoms with Gasteiger partial charge in [0, 0.05) is 49.1 Å². The van der Waals surface area contributed by atoms with Gasteiger partial charge in [0.05, 0.1) is 11.4 Å². The summed E-state index contributed by atoms with van der Waals surface area (Å²) < 4.78 is 27.2. The Morgan fingerprint density at radius 1 is 1.15 bits per heavy atom. The van der Waals surface area contributed by atoms with E-state index >= 15 is 0 Å². The van der Waals surface area contributed by atoms with Crippen LogP contribution in [-0.2, 0) is 21.4 Å². The van der Waals surface area contributed by atoms with Gasteiger partial charge in [-0.1, -0.05) is 22.0 Å². The lowest BCUT2D eigenvalue weighted by atomic mass is 10.3. The summed E-state index contributed by atoms with van der Waals surface area (Å²) >= 11 is 5.03. The summed E-state index contributed by atoms with van der Waals surface area (Å²) in [4.78, 5) is 18.1. The topological polar surface area (TPSA) is 60.9 Å². The van der Waals surface area contributed by atoms with Crippen molar-refractivity contribution in [2.45, 2.75) is 11.4 Å². The maximum Gasteiger partial charge on any atom is 0.243 e. The number of hydrogen-bond acceptors (Lipinski definition) is 5. The van der Waals surface area contributed by atoms with Gasteiger partial charge in [0.25, 0.3) is 0 Å².